The molecule has 0 bridgehead atoms. The van der Waals surface area contributed by atoms with Crippen molar-refractivity contribution < 1.29 is 4.39 Å². The third-order valence-electron chi connectivity index (χ3n) is 1.39. The quantitative estimate of drug-likeness (QED) is 0.595. The van der Waals surface area contributed by atoms with E-state index in [9.17, 15) is 4.39 Å². The first-order chi connectivity index (χ1) is 5.11. The first kappa shape index (κ1) is 8.47. The van der Waals surface area contributed by atoms with Crippen LogP contribution in [0.4, 0.5) is 4.39 Å². The fourth-order valence-electron chi connectivity index (χ4n) is 0.838. The van der Waals surface area contributed by atoms with E-state index < -0.39 is 5.95 Å². The van der Waals surface area contributed by atoms with Crippen molar-refractivity contribution in [2.45, 2.75) is 19.8 Å². The summed E-state index contributed by atoms with van der Waals surface area (Å²) in [5.74, 6) is -0.309. The molecule has 0 atom stereocenters. The average molecular weight is 174 g/mol. The molecule has 1 aromatic heterocycles. The normalized spacial score (nSPS) is 10.6. The van der Waals surface area contributed by atoms with E-state index >= 15 is 0 Å². The maximum Gasteiger partial charge on any atom is 0.213 e. The zero-order chi connectivity index (χ0) is 8.43. The summed E-state index contributed by atoms with van der Waals surface area (Å²) in [5.41, 5.74) is 0.617. The zero-order valence-corrected chi connectivity index (χ0v) is 7.19. The molecule has 1 heterocycles. The number of halogens is 2. The summed E-state index contributed by atoms with van der Waals surface area (Å²) in [6.07, 6.45) is 0. The Morgan fingerprint density at radius 3 is 2.55 bits per heavy atom. The lowest BCUT2D eigenvalue weighted by molar-refractivity contribution is 0.571. The van der Waals surface area contributed by atoms with Crippen molar-refractivity contribution in [1.82, 2.24) is 4.98 Å². The predicted octanol–water partition coefficient (Wildman–Crippen LogP) is 3.00. The lowest BCUT2D eigenvalue weighted by Crippen LogP contribution is -1.95. The summed E-state index contributed by atoms with van der Waals surface area (Å²) in [4.78, 5) is 3.67. The Bertz CT molecular complexity index is 260. The number of rotatable bonds is 1. The summed E-state index contributed by atoms with van der Waals surface area (Å²) < 4.78 is 12.5. The second-order valence-corrected chi connectivity index (χ2v) is 3.06. The van der Waals surface area contributed by atoms with Crippen LogP contribution in [0.25, 0.3) is 0 Å². The fraction of sp³-hybridized carbons (Fsp3) is 0.375. The molecule has 0 aliphatic heterocycles. The van der Waals surface area contributed by atoms with E-state index in [1.54, 1.807) is 0 Å². The van der Waals surface area contributed by atoms with Gasteiger partial charge in [0, 0.05) is 0 Å². The van der Waals surface area contributed by atoms with Crippen LogP contribution in [0.15, 0.2) is 12.1 Å². The molecular weight excluding hydrogens is 165 g/mol. The molecule has 0 amide bonds. The summed E-state index contributed by atoms with van der Waals surface area (Å²) in [6, 6.07) is 2.79. The molecule has 0 unspecified atom stereocenters. The molecule has 60 valence electrons. The van der Waals surface area contributed by atoms with E-state index in [1.807, 2.05) is 13.8 Å². The van der Waals surface area contributed by atoms with Gasteiger partial charge >= 0.3 is 0 Å². The van der Waals surface area contributed by atoms with Gasteiger partial charge in [0.05, 0.1) is 10.7 Å². The van der Waals surface area contributed by atoms with Crippen LogP contribution in [0.1, 0.15) is 25.5 Å². The Labute approximate surface area is 70.2 Å². The lowest BCUT2D eigenvalue weighted by atomic mass is 10.1. The van der Waals surface area contributed by atoms with Crippen LogP contribution < -0.4 is 0 Å². The van der Waals surface area contributed by atoms with Gasteiger partial charge in [-0.1, -0.05) is 25.4 Å². The van der Waals surface area contributed by atoms with Crippen molar-refractivity contribution in [3.05, 3.63) is 28.8 Å². The van der Waals surface area contributed by atoms with E-state index in [0.717, 1.165) is 0 Å². The number of aromatic nitrogens is 1. The van der Waals surface area contributed by atoms with Gasteiger partial charge in [0.2, 0.25) is 5.95 Å². The van der Waals surface area contributed by atoms with Crippen LogP contribution in [0.5, 0.6) is 0 Å². The minimum Gasteiger partial charge on any atom is -0.223 e. The third kappa shape index (κ3) is 1.90. The molecule has 11 heavy (non-hydrogen) atoms. The van der Waals surface area contributed by atoms with Gasteiger partial charge in [0.25, 0.3) is 0 Å². The predicted molar refractivity (Wildman–Crippen MR) is 43.3 cm³/mol. The zero-order valence-electron chi connectivity index (χ0n) is 6.44. The number of nitrogens with zero attached hydrogens (tertiary/aromatic N) is 1. The van der Waals surface area contributed by atoms with Gasteiger partial charge < -0.3 is 0 Å². The minimum atomic E-state index is -0.474. The third-order valence-corrected chi connectivity index (χ3v) is 1.71. The van der Waals surface area contributed by atoms with Gasteiger partial charge in [-0.05, 0) is 18.1 Å². The summed E-state index contributed by atoms with van der Waals surface area (Å²) >= 11 is 5.76. The first-order valence-electron chi connectivity index (χ1n) is 3.43. The van der Waals surface area contributed by atoms with Gasteiger partial charge in [0.15, 0.2) is 0 Å². The highest BCUT2D eigenvalue weighted by atomic mass is 35.5. The van der Waals surface area contributed by atoms with E-state index in [0.29, 0.717) is 10.7 Å². The summed E-state index contributed by atoms with van der Waals surface area (Å²) in [6.45, 7) is 3.85. The summed E-state index contributed by atoms with van der Waals surface area (Å²) in [5, 5.41) is 0.529. The second-order valence-electron chi connectivity index (χ2n) is 2.66. The Morgan fingerprint density at radius 1 is 1.45 bits per heavy atom. The standard InChI is InChI=1S/C8H9ClFN/c1-5(2)8-6(9)3-4-7(10)11-8/h3-5H,1-2H3. The molecule has 0 aliphatic carbocycles. The fourth-order valence-corrected chi connectivity index (χ4v) is 1.16. The van der Waals surface area contributed by atoms with Crippen molar-refractivity contribution in [3.8, 4) is 0 Å². The van der Waals surface area contributed by atoms with E-state index in [1.165, 1.54) is 12.1 Å². The SMILES string of the molecule is CC(C)c1nc(F)ccc1Cl. The number of pyridine rings is 1. The maximum absolute atomic E-state index is 12.5. The van der Waals surface area contributed by atoms with Crippen LogP contribution in [0.3, 0.4) is 0 Å². The molecule has 1 rings (SSSR count). The van der Waals surface area contributed by atoms with Crippen molar-refractivity contribution in [1.29, 1.82) is 0 Å². The highest BCUT2D eigenvalue weighted by molar-refractivity contribution is 6.31. The molecule has 0 N–H and O–H groups in total. The highest BCUT2D eigenvalue weighted by Crippen LogP contribution is 2.21. The van der Waals surface area contributed by atoms with Gasteiger partial charge in [0.1, 0.15) is 0 Å². The van der Waals surface area contributed by atoms with Crippen LogP contribution in [-0.4, -0.2) is 4.98 Å². The molecular formula is C8H9ClFN. The van der Waals surface area contributed by atoms with Gasteiger partial charge in [-0.2, -0.15) is 4.39 Å². The molecule has 1 aromatic rings. The van der Waals surface area contributed by atoms with Crippen LogP contribution in [0, 0.1) is 5.95 Å². The van der Waals surface area contributed by atoms with Crippen molar-refractivity contribution >= 4 is 11.6 Å². The van der Waals surface area contributed by atoms with E-state index in [2.05, 4.69) is 4.98 Å². The number of hydrogen-bond donors (Lipinski definition) is 0. The van der Waals surface area contributed by atoms with Crippen LogP contribution >= 0.6 is 11.6 Å². The lowest BCUT2D eigenvalue weighted by Gasteiger charge is -2.05. The Kier molecular flexibility index (Phi) is 2.45. The molecule has 0 saturated heterocycles. The van der Waals surface area contributed by atoms with Crippen molar-refractivity contribution in [2.24, 2.45) is 0 Å². The molecule has 0 saturated carbocycles. The topological polar surface area (TPSA) is 12.9 Å². The molecule has 0 radical (unpaired) electrons. The minimum absolute atomic E-state index is 0.165. The smallest absolute Gasteiger partial charge is 0.213 e. The Balaban J connectivity index is 3.13. The van der Waals surface area contributed by atoms with Crippen LogP contribution in [-0.2, 0) is 0 Å². The molecule has 3 heteroatoms. The second kappa shape index (κ2) is 3.18. The molecule has 0 fully saturated rings. The summed E-state index contributed by atoms with van der Waals surface area (Å²) in [7, 11) is 0. The van der Waals surface area contributed by atoms with Crippen LogP contribution in [0.2, 0.25) is 5.02 Å². The molecule has 0 spiro atoms. The van der Waals surface area contributed by atoms with Crippen molar-refractivity contribution in [2.75, 3.05) is 0 Å². The largest absolute Gasteiger partial charge is 0.223 e. The van der Waals surface area contributed by atoms with Gasteiger partial charge in [-0.15, -0.1) is 0 Å². The molecule has 0 aromatic carbocycles. The van der Waals surface area contributed by atoms with E-state index in [-0.39, 0.29) is 5.92 Å². The average Bonchev–Trinajstić information content (AvgIpc) is 1.94. The van der Waals surface area contributed by atoms with E-state index in [4.69, 9.17) is 11.6 Å². The highest BCUT2D eigenvalue weighted by Gasteiger charge is 2.06. The van der Waals surface area contributed by atoms with Crippen molar-refractivity contribution in [3.63, 3.8) is 0 Å². The van der Waals surface area contributed by atoms with Gasteiger partial charge in [-0.25, -0.2) is 4.98 Å². The first-order valence-corrected chi connectivity index (χ1v) is 3.81. The monoisotopic (exact) mass is 173 g/mol. The molecule has 0 aliphatic rings. The Morgan fingerprint density at radius 2 is 2.09 bits per heavy atom. The molecule has 1 nitrogen and oxygen atoms in total. The Hall–Kier alpha value is -0.630. The number of hydrogen-bond acceptors (Lipinski definition) is 1. The van der Waals surface area contributed by atoms with Gasteiger partial charge in [-0.3, -0.25) is 0 Å². The maximum atomic E-state index is 12.5.